The summed E-state index contributed by atoms with van der Waals surface area (Å²) >= 11 is 13.1. The molecule has 0 nitrogen and oxygen atoms in total. The minimum Gasteiger partial charge on any atom is -0.139 e. The van der Waals surface area contributed by atoms with Crippen molar-refractivity contribution in [3.05, 3.63) is 3.82 Å². The molecule has 8 heavy (non-hydrogen) atoms. The molecule has 0 saturated heterocycles. The fourth-order valence-electron chi connectivity index (χ4n) is 0.244. The highest BCUT2D eigenvalue weighted by Crippen LogP contribution is 2.30. The lowest BCUT2D eigenvalue weighted by atomic mass is 10.8. The van der Waals surface area contributed by atoms with Crippen LogP contribution in [-0.4, -0.2) is 0 Å². The maximum Gasteiger partial charge on any atom is 0.116 e. The summed E-state index contributed by atoms with van der Waals surface area (Å²) in [6.45, 7) is 0. The molecule has 0 saturated carbocycles. The largest absolute Gasteiger partial charge is 0.139 e. The Kier molecular flexibility index (Phi) is 2.39. The molecule has 0 bridgehead atoms. The van der Waals surface area contributed by atoms with Crippen molar-refractivity contribution in [1.29, 1.82) is 0 Å². The van der Waals surface area contributed by atoms with Crippen molar-refractivity contribution in [2.75, 3.05) is 0 Å². The normalized spacial score (nSPS) is 9.75. The van der Waals surface area contributed by atoms with Gasteiger partial charge in [-0.3, -0.25) is 0 Å². The summed E-state index contributed by atoms with van der Waals surface area (Å²) in [5, 5.41) is 0. The van der Waals surface area contributed by atoms with Crippen LogP contribution >= 0.6 is 58.2 Å². The van der Waals surface area contributed by atoms with Gasteiger partial charge in [0.25, 0.3) is 0 Å². The van der Waals surface area contributed by atoms with E-state index in [2.05, 4.69) is 25.3 Å². The molecule has 5 heteroatoms. The van der Waals surface area contributed by atoms with Crippen LogP contribution in [0.2, 0.25) is 0 Å². The van der Waals surface area contributed by atoms with Gasteiger partial charge in [0.15, 0.2) is 0 Å². The first-order chi connectivity index (χ1) is 3.72. The summed E-state index contributed by atoms with van der Waals surface area (Å²) in [4.78, 5) is 0.846. The summed E-state index contributed by atoms with van der Waals surface area (Å²) in [7, 11) is 3.09. The Bertz CT molecular complexity index is 230. The van der Waals surface area contributed by atoms with Crippen LogP contribution in [0.4, 0.5) is 0 Å². The van der Waals surface area contributed by atoms with Crippen molar-refractivity contribution in [2.45, 2.75) is 9.10 Å². The molecule has 0 spiro atoms. The topological polar surface area (TPSA) is 0 Å². The molecule has 0 aliphatic carbocycles. The molecule has 0 radical (unpaired) electrons. The second kappa shape index (κ2) is 2.70. The van der Waals surface area contributed by atoms with Gasteiger partial charge in [0.05, 0.1) is 9.10 Å². The van der Waals surface area contributed by atoms with E-state index in [1.807, 2.05) is 0 Å². The third kappa shape index (κ3) is 1.27. The van der Waals surface area contributed by atoms with Crippen LogP contribution in [0, 0.1) is 3.82 Å². The van der Waals surface area contributed by atoms with Crippen molar-refractivity contribution in [1.82, 2.24) is 0 Å². The summed E-state index contributed by atoms with van der Waals surface area (Å²) in [6.07, 6.45) is 0. The van der Waals surface area contributed by atoms with E-state index >= 15 is 0 Å². The van der Waals surface area contributed by atoms with E-state index in [1.54, 1.807) is 10.3 Å². The van der Waals surface area contributed by atoms with E-state index in [0.717, 1.165) is 12.9 Å². The molecule has 0 atom stereocenters. The van der Waals surface area contributed by atoms with E-state index in [4.69, 9.17) is 12.2 Å². The van der Waals surface area contributed by atoms with E-state index in [1.165, 1.54) is 10.3 Å². The number of hydrogen-bond acceptors (Lipinski definition) is 5. The van der Waals surface area contributed by atoms with Gasteiger partial charge in [-0.2, -0.15) is 0 Å². The van der Waals surface area contributed by atoms with Crippen molar-refractivity contribution < 1.29 is 0 Å². The fraction of sp³-hybridized carbons (Fsp3) is 0. The Hall–Kier alpha value is 0.970. The minimum atomic E-state index is 0.836. The van der Waals surface area contributed by atoms with Crippen LogP contribution in [0.3, 0.4) is 0 Å². The molecule has 0 aliphatic rings. The lowest BCUT2D eigenvalue weighted by molar-refractivity contribution is 1.42. The van der Waals surface area contributed by atoms with Gasteiger partial charge in [0.2, 0.25) is 0 Å². The second-order valence-electron chi connectivity index (χ2n) is 1.11. The zero-order chi connectivity index (χ0) is 6.15. The Balaban J connectivity index is 3.41. The van der Waals surface area contributed by atoms with Gasteiger partial charge in [-0.1, -0.05) is 32.9 Å². The third-order valence-electron chi connectivity index (χ3n) is 0.592. The predicted molar refractivity (Wildman–Crippen MR) is 47.5 cm³/mol. The molecular formula is C3H2S5. The van der Waals surface area contributed by atoms with Gasteiger partial charge in [-0.15, -0.1) is 25.3 Å². The molecule has 0 N–H and O–H groups in total. The second-order valence-corrected chi connectivity index (χ2v) is 5.12. The van der Waals surface area contributed by atoms with Gasteiger partial charge in [0.1, 0.15) is 3.82 Å². The minimum absolute atomic E-state index is 0.836. The quantitative estimate of drug-likeness (QED) is 0.367. The van der Waals surface area contributed by atoms with Gasteiger partial charge in [0, 0.05) is 0 Å². The summed E-state index contributed by atoms with van der Waals surface area (Å²) < 4.78 is 1.76. The van der Waals surface area contributed by atoms with Crippen LogP contribution in [0.15, 0.2) is 9.10 Å². The lowest BCUT2D eigenvalue weighted by Gasteiger charge is -1.77. The fourth-order valence-corrected chi connectivity index (χ4v) is 3.50. The van der Waals surface area contributed by atoms with E-state index in [-0.39, 0.29) is 0 Å². The lowest BCUT2D eigenvalue weighted by Crippen LogP contribution is -1.51. The van der Waals surface area contributed by atoms with Crippen LogP contribution < -0.4 is 0 Å². The van der Waals surface area contributed by atoms with Crippen LogP contribution in [0.25, 0.3) is 0 Å². The average Bonchev–Trinajstić information content (AvgIpc) is 1.98. The summed E-state index contributed by atoms with van der Waals surface area (Å²) in [5.74, 6) is 0. The first-order valence-electron chi connectivity index (χ1n) is 1.73. The van der Waals surface area contributed by atoms with Gasteiger partial charge >= 0.3 is 0 Å². The molecule has 0 amide bonds. The highest BCUT2D eigenvalue weighted by molar-refractivity contribution is 7.90. The Morgan fingerprint density at radius 1 is 1.25 bits per heavy atom. The van der Waals surface area contributed by atoms with Crippen LogP contribution in [-0.2, 0) is 0 Å². The maximum absolute atomic E-state index is 4.88. The number of thiol groups is 2. The first-order valence-corrected chi connectivity index (χ1v) is 5.18. The van der Waals surface area contributed by atoms with Crippen molar-refractivity contribution in [3.63, 3.8) is 0 Å². The molecule has 1 aromatic rings. The highest BCUT2D eigenvalue weighted by Gasteiger charge is 1.96. The molecule has 0 fully saturated rings. The Labute approximate surface area is 70.8 Å². The maximum atomic E-state index is 4.88. The predicted octanol–water partition coefficient (Wildman–Crippen LogP) is 3.12. The van der Waals surface area contributed by atoms with E-state index in [0.29, 0.717) is 0 Å². The zero-order valence-corrected chi connectivity index (χ0v) is 7.86. The third-order valence-corrected chi connectivity index (χ3v) is 5.36. The average molecular weight is 198 g/mol. The van der Waals surface area contributed by atoms with Crippen molar-refractivity contribution in [3.8, 4) is 0 Å². The van der Waals surface area contributed by atoms with Crippen LogP contribution in [0.5, 0.6) is 0 Å². The smallest absolute Gasteiger partial charge is 0.116 e. The zero-order valence-electron chi connectivity index (χ0n) is 3.62. The molecule has 1 rings (SSSR count). The molecule has 1 aromatic heterocycles. The Morgan fingerprint density at radius 2 is 1.88 bits per heavy atom. The summed E-state index contributed by atoms with van der Waals surface area (Å²) in [6, 6.07) is 0. The monoisotopic (exact) mass is 198 g/mol. The molecule has 44 valence electrons. The van der Waals surface area contributed by atoms with Gasteiger partial charge in [-0.05, 0) is 0 Å². The van der Waals surface area contributed by atoms with Crippen molar-refractivity contribution in [2.24, 2.45) is 0 Å². The molecule has 0 aromatic carbocycles. The van der Waals surface area contributed by atoms with Gasteiger partial charge < -0.3 is 0 Å². The van der Waals surface area contributed by atoms with Crippen LogP contribution in [0.1, 0.15) is 0 Å². The SMILES string of the molecule is S=c1ssc(S)c1S. The molecule has 0 unspecified atom stereocenters. The van der Waals surface area contributed by atoms with Gasteiger partial charge in [-0.25, -0.2) is 0 Å². The summed E-state index contributed by atoms with van der Waals surface area (Å²) in [5.41, 5.74) is 0. The molecular weight excluding hydrogens is 196 g/mol. The number of rotatable bonds is 0. The Morgan fingerprint density at radius 3 is 2.00 bits per heavy atom. The highest BCUT2D eigenvalue weighted by atomic mass is 32.9. The molecule has 1 heterocycles. The van der Waals surface area contributed by atoms with E-state index in [9.17, 15) is 0 Å². The van der Waals surface area contributed by atoms with Crippen molar-refractivity contribution >= 4 is 58.2 Å². The van der Waals surface area contributed by atoms with E-state index < -0.39 is 0 Å². The standard InChI is InChI=1S/C3H2S5/c4-1-2(5)7-8-3(1)6/h4-5H. The number of hydrogen-bond donors (Lipinski definition) is 2. The molecule has 0 aliphatic heterocycles. The first kappa shape index (κ1) is 7.08.